The summed E-state index contributed by atoms with van der Waals surface area (Å²) in [7, 11) is 0. The molecule has 1 nitrogen and oxygen atoms in total. The highest BCUT2D eigenvalue weighted by molar-refractivity contribution is 9.10. The number of hydrogen-bond acceptors (Lipinski definition) is 1. The maximum atomic E-state index is 13.3. The van der Waals surface area contributed by atoms with Crippen molar-refractivity contribution in [3.8, 4) is 0 Å². The molecular formula is C11H10BrClF3N. The zero-order valence-electron chi connectivity index (χ0n) is 8.82. The Labute approximate surface area is 111 Å². The molecule has 0 bridgehead atoms. The predicted octanol–water partition coefficient (Wildman–Crippen LogP) is 4.08. The number of halogens is 5. The van der Waals surface area contributed by atoms with Crippen LogP contribution in [-0.4, -0.2) is 23.9 Å². The second-order valence-corrected chi connectivity index (χ2v) is 5.44. The topological polar surface area (TPSA) is 3.24 Å². The monoisotopic (exact) mass is 327 g/mol. The average Bonchev–Trinajstić information content (AvgIpc) is 2.54. The summed E-state index contributed by atoms with van der Waals surface area (Å²) in [6, 6.07) is 2.73. The maximum absolute atomic E-state index is 13.3. The minimum Gasteiger partial charge on any atom is -0.293 e. The summed E-state index contributed by atoms with van der Waals surface area (Å²) in [6.45, 7) is 0.265. The Hall–Kier alpha value is -0.260. The molecule has 94 valence electrons. The Morgan fingerprint density at radius 1 is 1.41 bits per heavy atom. The summed E-state index contributed by atoms with van der Waals surface area (Å²) < 4.78 is 39.6. The first kappa shape index (κ1) is 13.2. The summed E-state index contributed by atoms with van der Waals surface area (Å²) in [5.41, 5.74) is 0.532. The van der Waals surface area contributed by atoms with Crippen LogP contribution in [0.4, 0.5) is 13.2 Å². The molecule has 2 rings (SSSR count). The van der Waals surface area contributed by atoms with E-state index in [1.807, 2.05) is 0 Å². The molecule has 0 aliphatic carbocycles. The van der Waals surface area contributed by atoms with Crippen molar-refractivity contribution >= 4 is 27.5 Å². The molecule has 0 atom stereocenters. The van der Waals surface area contributed by atoms with Crippen LogP contribution in [-0.2, 0) is 6.54 Å². The van der Waals surface area contributed by atoms with Gasteiger partial charge in [0.15, 0.2) is 0 Å². The van der Waals surface area contributed by atoms with Gasteiger partial charge in [-0.15, -0.1) is 0 Å². The number of hydrogen-bond donors (Lipinski definition) is 0. The molecule has 1 saturated heterocycles. The fraction of sp³-hybridized carbons (Fsp3) is 0.455. The van der Waals surface area contributed by atoms with E-state index >= 15 is 0 Å². The van der Waals surface area contributed by atoms with Crippen LogP contribution in [0.3, 0.4) is 0 Å². The minimum absolute atomic E-state index is 0.149. The highest BCUT2D eigenvalue weighted by atomic mass is 79.9. The average molecular weight is 329 g/mol. The molecule has 0 aromatic heterocycles. The molecule has 0 unspecified atom stereocenters. The zero-order chi connectivity index (χ0) is 12.6. The van der Waals surface area contributed by atoms with E-state index in [0.717, 1.165) is 0 Å². The molecule has 6 heteroatoms. The van der Waals surface area contributed by atoms with Gasteiger partial charge in [0.2, 0.25) is 0 Å². The number of rotatable bonds is 2. The number of benzene rings is 1. The standard InChI is InChI=1S/C11H10BrClF3N/c12-8-4-9(13)7(3-10(8)14)5-17-2-1-11(15,16)6-17/h3-4H,1-2,5-6H2. The van der Waals surface area contributed by atoms with E-state index < -0.39 is 11.7 Å². The van der Waals surface area contributed by atoms with E-state index in [-0.39, 0.29) is 24.0 Å². The van der Waals surface area contributed by atoms with E-state index in [2.05, 4.69) is 15.9 Å². The number of likely N-dealkylation sites (tertiary alicyclic amines) is 1. The third-order valence-electron chi connectivity index (χ3n) is 2.73. The second kappa shape index (κ2) is 4.78. The van der Waals surface area contributed by atoms with Gasteiger partial charge in [-0.1, -0.05) is 11.6 Å². The summed E-state index contributed by atoms with van der Waals surface area (Å²) in [4.78, 5) is 1.58. The Morgan fingerprint density at radius 3 is 2.71 bits per heavy atom. The molecule has 1 aromatic rings. The lowest BCUT2D eigenvalue weighted by atomic mass is 10.2. The van der Waals surface area contributed by atoms with Crippen molar-refractivity contribution in [2.45, 2.75) is 18.9 Å². The fourth-order valence-electron chi connectivity index (χ4n) is 1.87. The summed E-state index contributed by atoms with van der Waals surface area (Å²) in [6.07, 6.45) is -0.149. The molecule has 0 radical (unpaired) electrons. The predicted molar refractivity (Wildman–Crippen MR) is 64.0 cm³/mol. The largest absolute Gasteiger partial charge is 0.293 e. The van der Waals surface area contributed by atoms with Crippen LogP contribution in [0, 0.1) is 5.82 Å². The minimum atomic E-state index is -2.64. The fourth-order valence-corrected chi connectivity index (χ4v) is 2.57. The SMILES string of the molecule is Fc1cc(CN2CCC(F)(F)C2)c(Cl)cc1Br. The van der Waals surface area contributed by atoms with Crippen molar-refractivity contribution in [2.24, 2.45) is 0 Å². The molecular weight excluding hydrogens is 318 g/mol. The summed E-state index contributed by atoms with van der Waals surface area (Å²) in [5.74, 6) is -3.07. The Kier molecular flexibility index (Phi) is 3.71. The normalized spacial score (nSPS) is 19.8. The van der Waals surface area contributed by atoms with Gasteiger partial charge >= 0.3 is 0 Å². The lowest BCUT2D eigenvalue weighted by Gasteiger charge is -2.16. The van der Waals surface area contributed by atoms with Crippen LogP contribution in [0.25, 0.3) is 0 Å². The van der Waals surface area contributed by atoms with Crippen LogP contribution < -0.4 is 0 Å². The molecule has 1 aliphatic rings. The highest BCUT2D eigenvalue weighted by Gasteiger charge is 2.38. The van der Waals surface area contributed by atoms with E-state index in [1.54, 1.807) is 4.90 Å². The van der Waals surface area contributed by atoms with Gasteiger partial charge in [0, 0.05) is 24.5 Å². The summed E-state index contributed by atoms with van der Waals surface area (Å²) in [5, 5.41) is 0.383. The van der Waals surface area contributed by atoms with Crippen LogP contribution in [0.15, 0.2) is 16.6 Å². The first-order chi connectivity index (χ1) is 7.87. The van der Waals surface area contributed by atoms with Crippen LogP contribution in [0.1, 0.15) is 12.0 Å². The van der Waals surface area contributed by atoms with Gasteiger partial charge in [-0.25, -0.2) is 13.2 Å². The zero-order valence-corrected chi connectivity index (χ0v) is 11.2. The van der Waals surface area contributed by atoms with Crippen molar-refractivity contribution in [3.63, 3.8) is 0 Å². The van der Waals surface area contributed by atoms with Crippen molar-refractivity contribution in [3.05, 3.63) is 33.0 Å². The number of alkyl halides is 2. The van der Waals surface area contributed by atoms with Gasteiger partial charge < -0.3 is 0 Å². The van der Waals surface area contributed by atoms with E-state index in [4.69, 9.17) is 11.6 Å². The van der Waals surface area contributed by atoms with Crippen molar-refractivity contribution in [1.82, 2.24) is 4.90 Å². The first-order valence-corrected chi connectivity index (χ1v) is 6.28. The van der Waals surface area contributed by atoms with E-state index in [0.29, 0.717) is 17.1 Å². The lowest BCUT2D eigenvalue weighted by Crippen LogP contribution is -2.25. The Balaban J connectivity index is 2.12. The molecule has 1 aliphatic heterocycles. The molecule has 1 aromatic carbocycles. The molecule has 1 fully saturated rings. The lowest BCUT2D eigenvalue weighted by molar-refractivity contribution is 0.0115. The molecule has 1 heterocycles. The maximum Gasteiger partial charge on any atom is 0.261 e. The summed E-state index contributed by atoms with van der Waals surface area (Å²) >= 11 is 8.96. The van der Waals surface area contributed by atoms with Gasteiger partial charge in [-0.2, -0.15) is 0 Å². The van der Waals surface area contributed by atoms with Gasteiger partial charge in [-0.3, -0.25) is 4.90 Å². The Morgan fingerprint density at radius 2 is 2.12 bits per heavy atom. The van der Waals surface area contributed by atoms with Gasteiger partial charge in [0.05, 0.1) is 11.0 Å². The van der Waals surface area contributed by atoms with Crippen molar-refractivity contribution in [2.75, 3.05) is 13.1 Å². The molecule has 0 amide bonds. The quantitative estimate of drug-likeness (QED) is 0.739. The third kappa shape index (κ3) is 3.14. The third-order valence-corrected chi connectivity index (χ3v) is 3.69. The van der Waals surface area contributed by atoms with Crippen molar-refractivity contribution < 1.29 is 13.2 Å². The molecule has 17 heavy (non-hydrogen) atoms. The van der Waals surface area contributed by atoms with Gasteiger partial charge in [-0.05, 0) is 33.6 Å². The van der Waals surface area contributed by atoms with E-state index in [1.165, 1.54) is 12.1 Å². The molecule has 0 N–H and O–H groups in total. The van der Waals surface area contributed by atoms with Crippen LogP contribution in [0.5, 0.6) is 0 Å². The smallest absolute Gasteiger partial charge is 0.261 e. The molecule has 0 saturated carbocycles. The van der Waals surface area contributed by atoms with Crippen LogP contribution >= 0.6 is 27.5 Å². The van der Waals surface area contributed by atoms with Gasteiger partial charge in [0.1, 0.15) is 5.82 Å². The Bertz CT molecular complexity index is 439. The van der Waals surface area contributed by atoms with Crippen molar-refractivity contribution in [1.29, 1.82) is 0 Å². The van der Waals surface area contributed by atoms with Gasteiger partial charge in [0.25, 0.3) is 5.92 Å². The van der Waals surface area contributed by atoms with E-state index in [9.17, 15) is 13.2 Å². The highest BCUT2D eigenvalue weighted by Crippen LogP contribution is 2.30. The van der Waals surface area contributed by atoms with Crippen LogP contribution in [0.2, 0.25) is 5.02 Å². The molecule has 0 spiro atoms. The number of nitrogens with zero attached hydrogens (tertiary/aromatic N) is 1. The second-order valence-electron chi connectivity index (χ2n) is 4.17. The first-order valence-electron chi connectivity index (χ1n) is 5.11.